The Kier molecular flexibility index (Phi) is 3.45. The van der Waals surface area contributed by atoms with Crippen LogP contribution in [0.4, 0.5) is 5.82 Å². The van der Waals surface area contributed by atoms with Crippen molar-refractivity contribution in [1.82, 2.24) is 15.5 Å². The summed E-state index contributed by atoms with van der Waals surface area (Å²) >= 11 is 0. The molecule has 14 heavy (non-hydrogen) atoms. The highest BCUT2D eigenvalue weighted by Crippen LogP contribution is 2.24. The molecule has 0 amide bonds. The Bertz CT molecular complexity index is 280. The third-order valence-electron chi connectivity index (χ3n) is 2.10. The van der Waals surface area contributed by atoms with Crippen LogP contribution in [0.3, 0.4) is 0 Å². The second kappa shape index (κ2) is 4.41. The molecule has 6 N–H and O–H groups in total. The van der Waals surface area contributed by atoms with Gasteiger partial charge in [-0.05, 0) is 14.0 Å². The van der Waals surface area contributed by atoms with Crippen LogP contribution in [-0.4, -0.2) is 40.1 Å². The molecule has 0 bridgehead atoms. The molecule has 0 aliphatic rings. The molecule has 0 spiro atoms. The van der Waals surface area contributed by atoms with Gasteiger partial charge in [-0.1, -0.05) is 0 Å². The largest absolute Gasteiger partial charge is 0.389 e. The predicted octanol–water partition coefficient (Wildman–Crippen LogP) is -1.09. The lowest BCUT2D eigenvalue weighted by molar-refractivity contribution is 0.0203. The van der Waals surface area contributed by atoms with Crippen molar-refractivity contribution >= 4 is 5.82 Å². The first-order valence-corrected chi connectivity index (χ1v) is 4.39. The van der Waals surface area contributed by atoms with Gasteiger partial charge < -0.3 is 21.3 Å². The van der Waals surface area contributed by atoms with Gasteiger partial charge in [0.15, 0.2) is 5.82 Å². The van der Waals surface area contributed by atoms with Gasteiger partial charge in [-0.15, -0.1) is 0 Å². The Morgan fingerprint density at radius 2 is 2.21 bits per heavy atom. The van der Waals surface area contributed by atoms with E-state index >= 15 is 0 Å². The number of hydrogen-bond donors (Lipinski definition) is 5. The molecule has 1 rings (SSSR count). The molecule has 6 nitrogen and oxygen atoms in total. The molecule has 2 unspecified atom stereocenters. The molecule has 80 valence electrons. The van der Waals surface area contributed by atoms with E-state index in [1.165, 1.54) is 0 Å². The van der Waals surface area contributed by atoms with E-state index in [9.17, 15) is 10.2 Å². The maximum atomic E-state index is 9.74. The lowest BCUT2D eigenvalue weighted by Gasteiger charge is -2.17. The van der Waals surface area contributed by atoms with Crippen molar-refractivity contribution in [2.24, 2.45) is 0 Å². The molecule has 0 fully saturated rings. The van der Waals surface area contributed by atoms with Crippen LogP contribution in [-0.2, 0) is 0 Å². The van der Waals surface area contributed by atoms with Crippen molar-refractivity contribution in [1.29, 1.82) is 0 Å². The smallest absolute Gasteiger partial charge is 0.151 e. The third kappa shape index (κ3) is 2.03. The number of nitrogens with one attached hydrogen (secondary N) is 2. The summed E-state index contributed by atoms with van der Waals surface area (Å²) in [7, 11) is 1.70. The van der Waals surface area contributed by atoms with E-state index in [4.69, 9.17) is 5.73 Å². The van der Waals surface area contributed by atoms with Crippen LogP contribution in [0.5, 0.6) is 0 Å². The molecule has 1 heterocycles. The van der Waals surface area contributed by atoms with Crippen molar-refractivity contribution in [3.63, 3.8) is 0 Å². The second-order valence-electron chi connectivity index (χ2n) is 3.22. The minimum Gasteiger partial charge on any atom is -0.389 e. The van der Waals surface area contributed by atoms with E-state index in [0.29, 0.717) is 17.8 Å². The number of H-pyrrole nitrogens is 1. The van der Waals surface area contributed by atoms with E-state index in [1.54, 1.807) is 14.0 Å². The van der Waals surface area contributed by atoms with Gasteiger partial charge in [0.1, 0.15) is 6.10 Å². The zero-order chi connectivity index (χ0) is 10.7. The zero-order valence-electron chi connectivity index (χ0n) is 8.28. The van der Waals surface area contributed by atoms with Gasteiger partial charge in [-0.25, -0.2) is 0 Å². The Morgan fingerprint density at radius 1 is 1.57 bits per heavy atom. The average Bonchev–Trinajstić information content (AvgIpc) is 2.46. The summed E-state index contributed by atoms with van der Waals surface area (Å²) in [5.74, 6) is 0.227. The first kappa shape index (κ1) is 11.0. The third-order valence-corrected chi connectivity index (χ3v) is 2.10. The van der Waals surface area contributed by atoms with Crippen molar-refractivity contribution in [2.75, 3.05) is 19.3 Å². The number of nitrogens with two attached hydrogens (primary N) is 1. The summed E-state index contributed by atoms with van der Waals surface area (Å²) in [4.78, 5) is 0. The van der Waals surface area contributed by atoms with Crippen LogP contribution in [0, 0.1) is 6.92 Å². The number of hydrogen-bond acceptors (Lipinski definition) is 5. The van der Waals surface area contributed by atoms with E-state index < -0.39 is 12.2 Å². The number of nitrogens with zero attached hydrogens (tertiary/aromatic N) is 1. The minimum absolute atomic E-state index is 0.227. The summed E-state index contributed by atoms with van der Waals surface area (Å²) in [6.45, 7) is 2.04. The first-order valence-electron chi connectivity index (χ1n) is 4.39. The molecular weight excluding hydrogens is 184 g/mol. The number of aromatic amines is 1. The summed E-state index contributed by atoms with van der Waals surface area (Å²) in [6, 6.07) is 0. The topological polar surface area (TPSA) is 107 Å². The van der Waals surface area contributed by atoms with Crippen LogP contribution in [0.1, 0.15) is 17.4 Å². The summed E-state index contributed by atoms with van der Waals surface area (Å²) in [5, 5.41) is 28.4. The van der Waals surface area contributed by atoms with Crippen molar-refractivity contribution in [3.8, 4) is 0 Å². The standard InChI is InChI=1S/C8H16N4O2/c1-4-6(8(9)12-11-4)7(14)5(13)3-10-2/h5,7,10,13-14H,3H2,1-2H3,(H3,9,11,12). The van der Waals surface area contributed by atoms with Gasteiger partial charge in [-0.3, -0.25) is 5.10 Å². The van der Waals surface area contributed by atoms with Gasteiger partial charge in [0.25, 0.3) is 0 Å². The average molecular weight is 200 g/mol. The fourth-order valence-electron chi connectivity index (χ4n) is 1.34. The van der Waals surface area contributed by atoms with E-state index in [1.807, 2.05) is 0 Å². The van der Waals surface area contributed by atoms with Gasteiger partial charge in [0, 0.05) is 17.8 Å². The van der Waals surface area contributed by atoms with E-state index in [-0.39, 0.29) is 5.82 Å². The summed E-state index contributed by atoms with van der Waals surface area (Å²) < 4.78 is 0. The Hall–Kier alpha value is -1.11. The molecular formula is C8H16N4O2. The molecule has 0 aliphatic heterocycles. The lowest BCUT2D eigenvalue weighted by Crippen LogP contribution is -2.30. The van der Waals surface area contributed by atoms with Gasteiger partial charge in [0.05, 0.1) is 6.10 Å². The lowest BCUT2D eigenvalue weighted by atomic mass is 10.0. The second-order valence-corrected chi connectivity index (χ2v) is 3.22. The highest BCUT2D eigenvalue weighted by molar-refractivity contribution is 5.43. The molecule has 0 aliphatic carbocycles. The normalized spacial score (nSPS) is 15.4. The number of aromatic nitrogens is 2. The summed E-state index contributed by atoms with van der Waals surface area (Å²) in [6.07, 6.45) is -1.90. The van der Waals surface area contributed by atoms with E-state index in [0.717, 1.165) is 0 Å². The van der Waals surface area contributed by atoms with Gasteiger partial charge in [-0.2, -0.15) is 5.10 Å². The molecule has 2 atom stereocenters. The SMILES string of the molecule is CNCC(O)C(O)c1c(N)n[nH]c1C. The Balaban J connectivity index is 2.82. The Labute approximate surface area is 82.1 Å². The Morgan fingerprint density at radius 3 is 2.64 bits per heavy atom. The maximum Gasteiger partial charge on any atom is 0.151 e. The summed E-state index contributed by atoms with van der Waals surface area (Å²) in [5.41, 5.74) is 6.68. The van der Waals surface area contributed by atoms with Crippen LogP contribution in [0.2, 0.25) is 0 Å². The monoisotopic (exact) mass is 200 g/mol. The number of nitrogen functional groups attached to an aromatic ring is 1. The number of aryl methyl sites for hydroxylation is 1. The number of likely N-dealkylation sites (N-methyl/N-ethyl adjacent to an activating group) is 1. The maximum absolute atomic E-state index is 9.74. The molecule has 0 aromatic carbocycles. The van der Waals surface area contributed by atoms with Crippen molar-refractivity contribution < 1.29 is 10.2 Å². The van der Waals surface area contributed by atoms with Crippen LogP contribution >= 0.6 is 0 Å². The molecule has 1 aromatic rings. The highest BCUT2D eigenvalue weighted by atomic mass is 16.3. The minimum atomic E-state index is -1.01. The van der Waals surface area contributed by atoms with Crippen LogP contribution < -0.4 is 11.1 Å². The molecule has 6 heteroatoms. The number of anilines is 1. The highest BCUT2D eigenvalue weighted by Gasteiger charge is 2.23. The first-order chi connectivity index (χ1) is 6.57. The number of rotatable bonds is 4. The zero-order valence-corrected chi connectivity index (χ0v) is 8.28. The quantitative estimate of drug-likeness (QED) is 0.424. The fourth-order valence-corrected chi connectivity index (χ4v) is 1.34. The fraction of sp³-hybridized carbons (Fsp3) is 0.625. The van der Waals surface area contributed by atoms with Gasteiger partial charge in [0.2, 0.25) is 0 Å². The molecule has 0 radical (unpaired) electrons. The van der Waals surface area contributed by atoms with Crippen molar-refractivity contribution in [2.45, 2.75) is 19.1 Å². The molecule has 0 saturated heterocycles. The van der Waals surface area contributed by atoms with Gasteiger partial charge >= 0.3 is 0 Å². The number of aliphatic hydroxyl groups excluding tert-OH is 2. The number of aliphatic hydroxyl groups is 2. The van der Waals surface area contributed by atoms with E-state index in [2.05, 4.69) is 15.5 Å². The predicted molar refractivity (Wildman–Crippen MR) is 52.6 cm³/mol. The van der Waals surface area contributed by atoms with Crippen LogP contribution in [0.15, 0.2) is 0 Å². The molecule has 0 saturated carbocycles. The van der Waals surface area contributed by atoms with Crippen molar-refractivity contribution in [3.05, 3.63) is 11.3 Å². The molecule has 1 aromatic heterocycles. The van der Waals surface area contributed by atoms with Crippen LogP contribution in [0.25, 0.3) is 0 Å².